The van der Waals surface area contributed by atoms with E-state index in [0.29, 0.717) is 6.61 Å². The maximum absolute atomic E-state index is 5.84. The van der Waals surface area contributed by atoms with Gasteiger partial charge in [-0.3, -0.25) is 0 Å². The minimum atomic E-state index is 0.0942. The number of hydrogen-bond acceptors (Lipinski definition) is 4. The lowest BCUT2D eigenvalue weighted by molar-refractivity contribution is 0.325. The van der Waals surface area contributed by atoms with Crippen molar-refractivity contribution < 1.29 is 4.74 Å². The van der Waals surface area contributed by atoms with Crippen LogP contribution in [0.2, 0.25) is 0 Å². The van der Waals surface area contributed by atoms with Gasteiger partial charge in [-0.15, -0.1) is 0 Å². The van der Waals surface area contributed by atoms with Crippen LogP contribution in [0.4, 0.5) is 5.95 Å². The first kappa shape index (κ1) is 14.8. The third-order valence-electron chi connectivity index (χ3n) is 4.41. The van der Waals surface area contributed by atoms with E-state index in [2.05, 4.69) is 45.7 Å². The quantitative estimate of drug-likeness (QED) is 0.794. The van der Waals surface area contributed by atoms with E-state index in [-0.39, 0.29) is 12.1 Å². The Morgan fingerprint density at radius 2 is 1.92 bits per heavy atom. The number of anilines is 1. The number of para-hydroxylation sites is 1. The molecule has 2 heterocycles. The predicted octanol–water partition coefficient (Wildman–Crippen LogP) is 3.82. The van der Waals surface area contributed by atoms with Crippen LogP contribution in [0.1, 0.15) is 36.6 Å². The van der Waals surface area contributed by atoms with Crippen LogP contribution in [0.25, 0.3) is 0 Å². The molecule has 0 aliphatic carbocycles. The third-order valence-corrected chi connectivity index (χ3v) is 4.41. The number of nitrogens with one attached hydrogen (secondary N) is 1. The molecule has 2 aromatic carbocycles. The fraction of sp³-hybridized carbons (Fsp3) is 0.263. The molecule has 0 amide bonds. The molecule has 1 N–H and O–H groups in total. The van der Waals surface area contributed by atoms with Gasteiger partial charge in [0.15, 0.2) is 0 Å². The largest absolute Gasteiger partial charge is 0.494 e. The molecule has 24 heavy (non-hydrogen) atoms. The topological polar surface area (TPSA) is 52.0 Å². The van der Waals surface area contributed by atoms with Gasteiger partial charge in [-0.2, -0.15) is 10.1 Å². The van der Waals surface area contributed by atoms with Crippen LogP contribution in [0.15, 0.2) is 60.9 Å². The molecule has 5 heteroatoms. The number of fused-ring (bicyclic) bond motifs is 1. The zero-order valence-electron chi connectivity index (χ0n) is 13.6. The van der Waals surface area contributed by atoms with Crippen molar-refractivity contribution in [2.24, 2.45) is 0 Å². The normalized spacial score (nSPS) is 19.4. The lowest BCUT2D eigenvalue weighted by Crippen LogP contribution is -2.28. The lowest BCUT2D eigenvalue weighted by atomic mass is 9.93. The van der Waals surface area contributed by atoms with E-state index in [1.54, 1.807) is 6.33 Å². The summed E-state index contributed by atoms with van der Waals surface area (Å²) in [5.74, 6) is 1.71. The van der Waals surface area contributed by atoms with Crippen molar-refractivity contribution in [3.63, 3.8) is 0 Å². The van der Waals surface area contributed by atoms with Gasteiger partial charge in [0.2, 0.25) is 5.95 Å². The maximum Gasteiger partial charge on any atom is 0.222 e. The van der Waals surface area contributed by atoms with Crippen molar-refractivity contribution in [1.29, 1.82) is 0 Å². The van der Waals surface area contributed by atoms with Crippen LogP contribution in [0.5, 0.6) is 5.75 Å². The highest BCUT2D eigenvalue weighted by Crippen LogP contribution is 2.40. The van der Waals surface area contributed by atoms with E-state index in [9.17, 15) is 0 Å². The molecule has 3 aromatic rings. The number of nitrogens with zero attached hydrogens (tertiary/aromatic N) is 3. The van der Waals surface area contributed by atoms with Crippen molar-refractivity contribution in [2.75, 3.05) is 11.9 Å². The first-order chi connectivity index (χ1) is 11.9. The molecule has 0 fully saturated rings. The average Bonchev–Trinajstić information content (AvgIpc) is 3.11. The van der Waals surface area contributed by atoms with Gasteiger partial charge in [0.05, 0.1) is 18.7 Å². The molecule has 1 aliphatic heterocycles. The van der Waals surface area contributed by atoms with Gasteiger partial charge in [0.1, 0.15) is 12.1 Å². The minimum Gasteiger partial charge on any atom is -0.494 e. The summed E-state index contributed by atoms with van der Waals surface area (Å²) in [6, 6.07) is 19.0. The average molecular weight is 320 g/mol. The van der Waals surface area contributed by atoms with Crippen molar-refractivity contribution >= 4 is 5.95 Å². The Bertz CT molecular complexity index is 815. The molecule has 0 spiro atoms. The standard InChI is InChI=1S/C19H20N4O/c1-2-24-18-11-7-6-10-15(18)17-12-16(14-8-4-3-5-9-14)22-19-20-13-21-23(17)19/h3-11,13,16-17H,2,12H2,1H3,(H,20,21,22)/t16-,17-/m0/s1. The zero-order chi connectivity index (χ0) is 16.4. The van der Waals surface area contributed by atoms with Gasteiger partial charge < -0.3 is 10.1 Å². The van der Waals surface area contributed by atoms with Crippen LogP contribution in [-0.2, 0) is 0 Å². The number of benzene rings is 2. The molecule has 122 valence electrons. The lowest BCUT2D eigenvalue weighted by Gasteiger charge is -2.32. The van der Waals surface area contributed by atoms with Gasteiger partial charge in [-0.25, -0.2) is 4.68 Å². The molecular formula is C19H20N4O. The monoisotopic (exact) mass is 320 g/mol. The summed E-state index contributed by atoms with van der Waals surface area (Å²) in [6.45, 7) is 2.65. The summed E-state index contributed by atoms with van der Waals surface area (Å²) in [6.07, 6.45) is 2.50. The molecule has 0 saturated heterocycles. The molecule has 0 radical (unpaired) electrons. The summed E-state index contributed by atoms with van der Waals surface area (Å²) in [5.41, 5.74) is 2.40. The molecule has 1 aromatic heterocycles. The molecule has 5 nitrogen and oxygen atoms in total. The highest BCUT2D eigenvalue weighted by atomic mass is 16.5. The summed E-state index contributed by atoms with van der Waals surface area (Å²) in [5, 5.41) is 7.92. The maximum atomic E-state index is 5.84. The van der Waals surface area contributed by atoms with E-state index in [1.807, 2.05) is 35.9 Å². The van der Waals surface area contributed by atoms with Crippen LogP contribution in [0.3, 0.4) is 0 Å². The molecule has 0 unspecified atom stereocenters. The van der Waals surface area contributed by atoms with Crippen molar-refractivity contribution in [1.82, 2.24) is 14.8 Å². The molecule has 0 bridgehead atoms. The second-order valence-corrected chi connectivity index (χ2v) is 5.86. The van der Waals surface area contributed by atoms with Crippen molar-refractivity contribution in [3.05, 3.63) is 72.1 Å². The number of hydrogen-bond donors (Lipinski definition) is 1. The minimum absolute atomic E-state index is 0.0942. The second-order valence-electron chi connectivity index (χ2n) is 5.86. The van der Waals surface area contributed by atoms with E-state index < -0.39 is 0 Å². The molecule has 0 saturated carbocycles. The molecular weight excluding hydrogens is 300 g/mol. The van der Waals surface area contributed by atoms with Gasteiger partial charge in [0.25, 0.3) is 0 Å². The Balaban J connectivity index is 1.75. The summed E-state index contributed by atoms with van der Waals surface area (Å²) in [4.78, 5) is 4.38. The Kier molecular flexibility index (Phi) is 3.91. The zero-order valence-corrected chi connectivity index (χ0v) is 13.6. The predicted molar refractivity (Wildman–Crippen MR) is 93.2 cm³/mol. The Hall–Kier alpha value is -2.82. The number of rotatable bonds is 4. The summed E-state index contributed by atoms with van der Waals surface area (Å²) in [7, 11) is 0. The van der Waals surface area contributed by atoms with Gasteiger partial charge in [0, 0.05) is 5.56 Å². The number of ether oxygens (including phenoxy) is 1. The second kappa shape index (κ2) is 6.35. The van der Waals surface area contributed by atoms with Crippen LogP contribution in [-0.4, -0.2) is 21.4 Å². The van der Waals surface area contributed by atoms with E-state index >= 15 is 0 Å². The molecule has 1 aliphatic rings. The molecule has 4 rings (SSSR count). The SMILES string of the molecule is CCOc1ccccc1[C@@H]1C[C@@H](c2ccccc2)Nc2ncnn21. The first-order valence-corrected chi connectivity index (χ1v) is 8.29. The fourth-order valence-corrected chi connectivity index (χ4v) is 3.33. The van der Waals surface area contributed by atoms with Crippen LogP contribution in [0, 0.1) is 0 Å². The third kappa shape index (κ3) is 2.62. The smallest absolute Gasteiger partial charge is 0.222 e. The number of aromatic nitrogens is 3. The van der Waals surface area contributed by atoms with Crippen molar-refractivity contribution in [3.8, 4) is 5.75 Å². The fourth-order valence-electron chi connectivity index (χ4n) is 3.33. The van der Waals surface area contributed by atoms with E-state index in [4.69, 9.17) is 4.74 Å². The van der Waals surface area contributed by atoms with Gasteiger partial charge in [-0.1, -0.05) is 48.5 Å². The van der Waals surface area contributed by atoms with Crippen LogP contribution < -0.4 is 10.1 Å². The highest BCUT2D eigenvalue weighted by Gasteiger charge is 2.31. The van der Waals surface area contributed by atoms with Gasteiger partial charge >= 0.3 is 0 Å². The van der Waals surface area contributed by atoms with E-state index in [0.717, 1.165) is 23.7 Å². The van der Waals surface area contributed by atoms with Crippen molar-refractivity contribution in [2.45, 2.75) is 25.4 Å². The Morgan fingerprint density at radius 1 is 1.12 bits per heavy atom. The molecule has 2 atom stereocenters. The Morgan fingerprint density at radius 3 is 2.75 bits per heavy atom. The summed E-state index contributed by atoms with van der Waals surface area (Å²) >= 11 is 0. The Labute approximate surface area is 141 Å². The van der Waals surface area contributed by atoms with E-state index in [1.165, 1.54) is 5.56 Å². The van der Waals surface area contributed by atoms with Crippen LogP contribution >= 0.6 is 0 Å². The summed E-state index contributed by atoms with van der Waals surface area (Å²) < 4.78 is 7.80. The first-order valence-electron chi connectivity index (χ1n) is 8.29. The highest BCUT2D eigenvalue weighted by molar-refractivity contribution is 5.42. The van der Waals surface area contributed by atoms with Gasteiger partial charge in [-0.05, 0) is 25.0 Å².